The lowest BCUT2D eigenvalue weighted by molar-refractivity contribution is 0.0527. The highest BCUT2D eigenvalue weighted by Crippen LogP contribution is 2.28. The number of nitrogens with zero attached hydrogens (tertiary/aromatic N) is 2. The van der Waals surface area contributed by atoms with Gasteiger partial charge in [0, 0.05) is 24.9 Å². The summed E-state index contributed by atoms with van der Waals surface area (Å²) in [6, 6.07) is 2.24. The number of nitrogens with two attached hydrogens (primary N) is 1. The number of esters is 1. The van der Waals surface area contributed by atoms with Crippen LogP contribution in [0.25, 0.3) is 0 Å². The van der Waals surface area contributed by atoms with Crippen LogP contribution >= 0.6 is 0 Å². The highest BCUT2D eigenvalue weighted by Gasteiger charge is 2.17. The van der Waals surface area contributed by atoms with Crippen molar-refractivity contribution in [1.82, 2.24) is 9.78 Å². The molecule has 1 aromatic carbocycles. The van der Waals surface area contributed by atoms with Crippen molar-refractivity contribution in [3.63, 3.8) is 0 Å². The van der Waals surface area contributed by atoms with Crippen molar-refractivity contribution in [3.8, 4) is 11.5 Å². The summed E-state index contributed by atoms with van der Waals surface area (Å²) < 4.78 is 25.5. The molecule has 0 aliphatic carbocycles. The third kappa shape index (κ3) is 2.87. The first-order chi connectivity index (χ1) is 9.51. The van der Waals surface area contributed by atoms with Crippen LogP contribution in [0.15, 0.2) is 24.5 Å². The van der Waals surface area contributed by atoms with E-state index in [0.717, 1.165) is 6.07 Å². The molecule has 106 valence electrons. The van der Waals surface area contributed by atoms with Crippen molar-refractivity contribution in [2.24, 2.45) is 7.05 Å². The van der Waals surface area contributed by atoms with Crippen LogP contribution in [0.4, 0.5) is 10.1 Å². The van der Waals surface area contributed by atoms with E-state index in [-0.39, 0.29) is 23.6 Å². The number of nitrogen functional groups attached to an aromatic ring is 1. The van der Waals surface area contributed by atoms with Gasteiger partial charge < -0.3 is 15.2 Å². The van der Waals surface area contributed by atoms with Crippen LogP contribution in [0.2, 0.25) is 0 Å². The number of aryl methyl sites for hydroxylation is 1. The summed E-state index contributed by atoms with van der Waals surface area (Å²) >= 11 is 0. The predicted molar refractivity (Wildman–Crippen MR) is 70.1 cm³/mol. The molecule has 0 amide bonds. The van der Waals surface area contributed by atoms with E-state index in [4.69, 9.17) is 15.2 Å². The van der Waals surface area contributed by atoms with Gasteiger partial charge in [-0.2, -0.15) is 5.10 Å². The van der Waals surface area contributed by atoms with Crippen molar-refractivity contribution in [1.29, 1.82) is 0 Å². The Balaban J connectivity index is 2.33. The van der Waals surface area contributed by atoms with Crippen molar-refractivity contribution >= 4 is 11.7 Å². The number of aromatic nitrogens is 2. The second-order valence-electron chi connectivity index (χ2n) is 4.04. The minimum atomic E-state index is -0.667. The molecule has 0 atom stereocenters. The smallest absolute Gasteiger partial charge is 0.340 e. The topological polar surface area (TPSA) is 79.4 Å². The Bertz CT molecular complexity index is 640. The van der Waals surface area contributed by atoms with Gasteiger partial charge in [0.2, 0.25) is 0 Å². The standard InChI is InChI=1S/C13H14FN3O3/c1-3-19-13(18)9-4-12(10(14)5-11(9)15)20-8-6-16-17(2)7-8/h4-7H,3,15H2,1-2H3. The Morgan fingerprint density at radius 1 is 1.50 bits per heavy atom. The van der Waals surface area contributed by atoms with E-state index >= 15 is 0 Å². The highest BCUT2D eigenvalue weighted by atomic mass is 19.1. The molecule has 1 heterocycles. The Labute approximate surface area is 114 Å². The summed E-state index contributed by atoms with van der Waals surface area (Å²) in [6.07, 6.45) is 3.00. The van der Waals surface area contributed by atoms with Crippen molar-refractivity contribution < 1.29 is 18.7 Å². The number of hydrogen-bond donors (Lipinski definition) is 1. The maximum Gasteiger partial charge on any atom is 0.340 e. The molecule has 0 unspecified atom stereocenters. The second kappa shape index (κ2) is 5.60. The molecule has 1 aromatic heterocycles. The van der Waals surface area contributed by atoms with Gasteiger partial charge in [-0.1, -0.05) is 0 Å². The van der Waals surface area contributed by atoms with E-state index in [9.17, 15) is 9.18 Å². The first-order valence-corrected chi connectivity index (χ1v) is 5.94. The van der Waals surface area contributed by atoms with E-state index in [1.807, 2.05) is 0 Å². The van der Waals surface area contributed by atoms with Gasteiger partial charge in [0.05, 0.1) is 24.6 Å². The second-order valence-corrected chi connectivity index (χ2v) is 4.04. The zero-order valence-electron chi connectivity index (χ0n) is 11.1. The summed E-state index contributed by atoms with van der Waals surface area (Å²) in [5.74, 6) is -1.05. The lowest BCUT2D eigenvalue weighted by Crippen LogP contribution is -2.09. The van der Waals surface area contributed by atoms with Crippen molar-refractivity contribution in [2.45, 2.75) is 6.92 Å². The minimum Gasteiger partial charge on any atom is -0.462 e. The van der Waals surface area contributed by atoms with E-state index < -0.39 is 11.8 Å². The first-order valence-electron chi connectivity index (χ1n) is 5.94. The number of halogens is 1. The lowest BCUT2D eigenvalue weighted by atomic mass is 10.1. The average Bonchev–Trinajstić information content (AvgIpc) is 2.78. The largest absolute Gasteiger partial charge is 0.462 e. The molecule has 0 radical (unpaired) electrons. The molecule has 2 aromatic rings. The fourth-order valence-electron chi connectivity index (χ4n) is 1.61. The summed E-state index contributed by atoms with van der Waals surface area (Å²) in [5, 5.41) is 3.90. The Kier molecular flexibility index (Phi) is 3.88. The number of carbonyl (C=O) groups is 1. The van der Waals surface area contributed by atoms with Crippen LogP contribution in [0.1, 0.15) is 17.3 Å². The number of benzene rings is 1. The lowest BCUT2D eigenvalue weighted by Gasteiger charge is -2.09. The molecule has 7 heteroatoms. The SMILES string of the molecule is CCOC(=O)c1cc(Oc2cnn(C)c2)c(F)cc1N. The number of carbonyl (C=O) groups excluding carboxylic acids is 1. The first kappa shape index (κ1) is 13.9. The molecule has 0 fully saturated rings. The molecule has 0 aliphatic heterocycles. The van der Waals surface area contributed by atoms with Gasteiger partial charge in [0.25, 0.3) is 0 Å². The molecule has 2 N–H and O–H groups in total. The van der Waals surface area contributed by atoms with Crippen LogP contribution in [0, 0.1) is 5.82 Å². The highest BCUT2D eigenvalue weighted by molar-refractivity contribution is 5.95. The fraction of sp³-hybridized carbons (Fsp3) is 0.231. The van der Waals surface area contributed by atoms with Gasteiger partial charge in [-0.3, -0.25) is 4.68 Å². The minimum absolute atomic E-state index is 0.000475. The van der Waals surface area contributed by atoms with Crippen molar-refractivity contribution in [2.75, 3.05) is 12.3 Å². The average molecular weight is 279 g/mol. The van der Waals surface area contributed by atoms with Gasteiger partial charge in [0.15, 0.2) is 17.3 Å². The van der Waals surface area contributed by atoms with Crippen molar-refractivity contribution in [3.05, 3.63) is 35.9 Å². The number of hydrogen-bond acceptors (Lipinski definition) is 5. The van der Waals surface area contributed by atoms with Crippen LogP contribution in [-0.4, -0.2) is 22.4 Å². The molecule has 0 spiro atoms. The molecule has 2 rings (SSSR count). The zero-order valence-corrected chi connectivity index (χ0v) is 11.1. The van der Waals surface area contributed by atoms with Gasteiger partial charge >= 0.3 is 5.97 Å². The monoisotopic (exact) mass is 279 g/mol. The van der Waals surface area contributed by atoms with E-state index in [1.165, 1.54) is 16.9 Å². The zero-order chi connectivity index (χ0) is 14.7. The quantitative estimate of drug-likeness (QED) is 0.685. The van der Waals surface area contributed by atoms with Crippen LogP contribution in [0.5, 0.6) is 11.5 Å². The van der Waals surface area contributed by atoms with E-state index in [2.05, 4.69) is 5.10 Å². The number of rotatable bonds is 4. The third-order valence-corrected chi connectivity index (χ3v) is 2.51. The summed E-state index contributed by atoms with van der Waals surface area (Å²) in [7, 11) is 1.70. The summed E-state index contributed by atoms with van der Waals surface area (Å²) in [5.41, 5.74) is 5.67. The molecule has 0 bridgehead atoms. The Morgan fingerprint density at radius 2 is 2.25 bits per heavy atom. The molecule has 0 saturated carbocycles. The Morgan fingerprint density at radius 3 is 2.85 bits per heavy atom. The summed E-state index contributed by atoms with van der Waals surface area (Å²) in [4.78, 5) is 11.7. The fourth-order valence-corrected chi connectivity index (χ4v) is 1.61. The van der Waals surface area contributed by atoms with Crippen LogP contribution in [-0.2, 0) is 11.8 Å². The molecule has 0 aliphatic rings. The molecule has 20 heavy (non-hydrogen) atoms. The maximum absolute atomic E-state index is 13.8. The van der Waals surface area contributed by atoms with Gasteiger partial charge in [0.1, 0.15) is 0 Å². The molecule has 0 saturated heterocycles. The van der Waals surface area contributed by atoms with Gasteiger partial charge in [-0.05, 0) is 6.92 Å². The predicted octanol–water partition coefficient (Wildman–Crippen LogP) is 2.11. The third-order valence-electron chi connectivity index (χ3n) is 2.51. The van der Waals surface area contributed by atoms with Crippen LogP contribution in [0.3, 0.4) is 0 Å². The van der Waals surface area contributed by atoms with Crippen LogP contribution < -0.4 is 10.5 Å². The van der Waals surface area contributed by atoms with Gasteiger partial charge in [-0.15, -0.1) is 0 Å². The van der Waals surface area contributed by atoms with E-state index in [1.54, 1.807) is 20.2 Å². The maximum atomic E-state index is 13.8. The van der Waals surface area contributed by atoms with E-state index in [0.29, 0.717) is 5.75 Å². The van der Waals surface area contributed by atoms with Gasteiger partial charge in [-0.25, -0.2) is 9.18 Å². The normalized spacial score (nSPS) is 10.3. The number of anilines is 1. The number of ether oxygens (including phenoxy) is 2. The molecule has 6 nitrogen and oxygen atoms in total. The Hall–Kier alpha value is -2.57. The molecular formula is C13H14FN3O3. The summed E-state index contributed by atoms with van der Waals surface area (Å²) in [6.45, 7) is 1.87. The molecular weight excluding hydrogens is 265 g/mol.